The van der Waals surface area contributed by atoms with Crippen LogP contribution in [0.3, 0.4) is 0 Å². The molecular weight excluding hydrogens is 297 g/mol. The molecule has 1 amide bonds. The monoisotopic (exact) mass is 313 g/mol. The molecule has 0 aromatic heterocycles. The zero-order valence-corrected chi connectivity index (χ0v) is 12.4. The third-order valence-corrected chi connectivity index (χ3v) is 3.50. The van der Waals surface area contributed by atoms with Gasteiger partial charge >= 0.3 is 5.97 Å². The second kappa shape index (κ2) is 7.68. The Kier molecular flexibility index (Phi) is 6.23. The van der Waals surface area contributed by atoms with Gasteiger partial charge in [-0.15, -0.1) is 0 Å². The average Bonchev–Trinajstić information content (AvgIpc) is 2.35. The van der Waals surface area contributed by atoms with E-state index in [0.717, 1.165) is 18.2 Å². The van der Waals surface area contributed by atoms with Crippen LogP contribution in [0.4, 0.5) is 4.39 Å². The van der Waals surface area contributed by atoms with Crippen molar-refractivity contribution >= 4 is 28.8 Å². The normalized spacial score (nSPS) is 13.9. The van der Waals surface area contributed by atoms with Gasteiger partial charge in [-0.25, -0.2) is 9.18 Å². The Balaban J connectivity index is 2.81. The van der Waals surface area contributed by atoms with Crippen molar-refractivity contribution in [3.63, 3.8) is 0 Å². The molecule has 114 valence electrons. The molecule has 0 aliphatic carbocycles. The Bertz CT molecular complexity index is 601. The molecule has 21 heavy (non-hydrogen) atoms. The first-order valence-corrected chi connectivity index (χ1v) is 7.83. The van der Waals surface area contributed by atoms with E-state index in [-0.39, 0.29) is 17.2 Å². The molecular formula is C14H16FNO4S. The van der Waals surface area contributed by atoms with Crippen LogP contribution in [0, 0.1) is 5.82 Å². The van der Waals surface area contributed by atoms with Crippen molar-refractivity contribution in [1.82, 2.24) is 5.32 Å². The maximum Gasteiger partial charge on any atom is 0.328 e. The fourth-order valence-electron chi connectivity index (χ4n) is 1.67. The number of halogens is 1. The summed E-state index contributed by atoms with van der Waals surface area (Å²) in [5, 5.41) is 11.1. The Morgan fingerprint density at radius 3 is 2.67 bits per heavy atom. The number of carboxylic acids is 1. The minimum absolute atomic E-state index is 0.0802. The number of carboxylic acid groups (broad SMARTS) is 1. The summed E-state index contributed by atoms with van der Waals surface area (Å²) >= 11 is 0. The molecule has 5 nitrogen and oxygen atoms in total. The van der Waals surface area contributed by atoms with Crippen LogP contribution in [0.5, 0.6) is 0 Å². The van der Waals surface area contributed by atoms with Crippen LogP contribution < -0.4 is 5.32 Å². The van der Waals surface area contributed by atoms with Gasteiger partial charge in [0.15, 0.2) is 0 Å². The maximum atomic E-state index is 13.7. The number of carbonyl (C=O) groups is 2. The quantitative estimate of drug-likeness (QED) is 0.778. The van der Waals surface area contributed by atoms with Crippen molar-refractivity contribution in [2.45, 2.75) is 13.0 Å². The van der Waals surface area contributed by atoms with Gasteiger partial charge in [-0.05, 0) is 25.1 Å². The summed E-state index contributed by atoms with van der Waals surface area (Å²) in [5.41, 5.74) is 0.199. The van der Waals surface area contributed by atoms with E-state index >= 15 is 0 Å². The highest BCUT2D eigenvalue weighted by atomic mass is 32.2. The minimum atomic E-state index is -1.18. The third kappa shape index (κ3) is 5.86. The number of benzene rings is 1. The van der Waals surface area contributed by atoms with Gasteiger partial charge in [-0.2, -0.15) is 0 Å². The lowest BCUT2D eigenvalue weighted by Crippen LogP contribution is -2.36. The van der Waals surface area contributed by atoms with Crippen molar-refractivity contribution in [3.8, 4) is 0 Å². The average molecular weight is 313 g/mol. The van der Waals surface area contributed by atoms with Crippen molar-refractivity contribution in [2.24, 2.45) is 0 Å². The van der Waals surface area contributed by atoms with Gasteiger partial charge in [0.1, 0.15) is 5.82 Å². The Hall–Kier alpha value is -2.02. The van der Waals surface area contributed by atoms with Gasteiger partial charge in [-0.3, -0.25) is 9.00 Å². The van der Waals surface area contributed by atoms with E-state index in [1.165, 1.54) is 18.4 Å². The molecule has 1 aromatic carbocycles. The molecule has 0 bridgehead atoms. The Morgan fingerprint density at radius 2 is 2.14 bits per heavy atom. The number of rotatable bonds is 6. The van der Waals surface area contributed by atoms with E-state index in [0.29, 0.717) is 5.75 Å². The van der Waals surface area contributed by atoms with Crippen LogP contribution >= 0.6 is 0 Å². The highest BCUT2D eigenvalue weighted by molar-refractivity contribution is 7.84. The summed E-state index contributed by atoms with van der Waals surface area (Å²) < 4.78 is 24.8. The number of hydrogen-bond donors (Lipinski definition) is 2. The predicted octanol–water partition coefficient (Wildman–Crippen LogP) is 1.42. The lowest BCUT2D eigenvalue weighted by atomic mass is 10.1. The van der Waals surface area contributed by atoms with E-state index in [2.05, 4.69) is 5.32 Å². The zero-order valence-electron chi connectivity index (χ0n) is 11.6. The van der Waals surface area contributed by atoms with Gasteiger partial charge in [0.25, 0.3) is 5.91 Å². The first kappa shape index (κ1) is 17.0. The van der Waals surface area contributed by atoms with Crippen molar-refractivity contribution in [2.75, 3.05) is 12.0 Å². The molecule has 7 heteroatoms. The van der Waals surface area contributed by atoms with Crippen molar-refractivity contribution in [3.05, 3.63) is 41.2 Å². The first-order chi connectivity index (χ1) is 9.79. The fourth-order valence-corrected chi connectivity index (χ4v) is 2.45. The number of hydrogen-bond acceptors (Lipinski definition) is 3. The molecule has 0 heterocycles. The molecule has 0 aliphatic heterocycles. The van der Waals surface area contributed by atoms with Crippen LogP contribution in [0.15, 0.2) is 24.3 Å². The topological polar surface area (TPSA) is 83.5 Å². The van der Waals surface area contributed by atoms with Crippen LogP contribution in [-0.4, -0.2) is 39.2 Å². The highest BCUT2D eigenvalue weighted by Crippen LogP contribution is 2.12. The first-order valence-electron chi connectivity index (χ1n) is 6.11. The van der Waals surface area contributed by atoms with Gasteiger partial charge in [-0.1, -0.05) is 6.07 Å². The summed E-state index contributed by atoms with van der Waals surface area (Å²) in [4.78, 5) is 22.2. The van der Waals surface area contributed by atoms with Crippen LogP contribution in [-0.2, 0) is 15.6 Å². The van der Waals surface area contributed by atoms with E-state index in [4.69, 9.17) is 5.11 Å². The number of aliphatic carboxylic acids is 1. The molecule has 0 saturated heterocycles. The van der Waals surface area contributed by atoms with Gasteiger partial charge in [0.2, 0.25) is 0 Å². The largest absolute Gasteiger partial charge is 0.478 e. The lowest BCUT2D eigenvalue weighted by Gasteiger charge is -2.12. The van der Waals surface area contributed by atoms with E-state index in [1.807, 2.05) is 0 Å². The summed E-state index contributed by atoms with van der Waals surface area (Å²) in [6, 6.07) is 3.46. The summed E-state index contributed by atoms with van der Waals surface area (Å²) in [5.74, 6) is -2.03. The van der Waals surface area contributed by atoms with Crippen LogP contribution in [0.1, 0.15) is 22.8 Å². The predicted molar refractivity (Wildman–Crippen MR) is 78.9 cm³/mol. The molecule has 2 atom stereocenters. The Morgan fingerprint density at radius 1 is 1.48 bits per heavy atom. The van der Waals surface area contributed by atoms with Crippen molar-refractivity contribution in [1.29, 1.82) is 0 Å². The number of carbonyl (C=O) groups excluding carboxylic acids is 1. The standard InChI is InChI=1S/C14H16FNO4S/c1-9(8-21(2)20)16-14(19)11-4-3-10(12(15)7-11)5-6-13(17)18/h3-7,9H,8H2,1-2H3,(H,16,19)(H,17,18)/b6-5+. The smallest absolute Gasteiger partial charge is 0.328 e. The van der Waals surface area contributed by atoms with Gasteiger partial charge in [0.05, 0.1) is 0 Å². The van der Waals surface area contributed by atoms with E-state index < -0.39 is 28.5 Å². The molecule has 0 radical (unpaired) electrons. The second-order valence-electron chi connectivity index (χ2n) is 4.52. The minimum Gasteiger partial charge on any atom is -0.478 e. The van der Waals surface area contributed by atoms with E-state index in [1.54, 1.807) is 6.92 Å². The van der Waals surface area contributed by atoms with Crippen LogP contribution in [0.25, 0.3) is 6.08 Å². The molecule has 2 N–H and O–H groups in total. The molecule has 0 fully saturated rings. The Labute approximate surface area is 124 Å². The molecule has 0 aliphatic rings. The fraction of sp³-hybridized carbons (Fsp3) is 0.286. The van der Waals surface area contributed by atoms with E-state index in [9.17, 15) is 18.2 Å². The molecule has 2 unspecified atom stereocenters. The molecule has 0 spiro atoms. The molecule has 1 rings (SSSR count). The second-order valence-corrected chi connectivity index (χ2v) is 6.00. The summed E-state index contributed by atoms with van der Waals surface area (Å²) in [6.07, 6.45) is 3.46. The van der Waals surface area contributed by atoms with Gasteiger partial charge < -0.3 is 10.4 Å². The maximum absolute atomic E-state index is 13.7. The summed E-state index contributed by atoms with van der Waals surface area (Å²) in [7, 11) is -1.04. The third-order valence-electron chi connectivity index (χ3n) is 2.53. The molecule has 0 saturated carbocycles. The highest BCUT2D eigenvalue weighted by Gasteiger charge is 2.12. The zero-order chi connectivity index (χ0) is 16.0. The SMILES string of the molecule is CC(CS(C)=O)NC(=O)c1ccc(/C=C/C(=O)O)c(F)c1. The van der Waals surface area contributed by atoms with Crippen LogP contribution in [0.2, 0.25) is 0 Å². The number of nitrogens with one attached hydrogen (secondary N) is 1. The van der Waals surface area contributed by atoms with Gasteiger partial charge in [0, 0.05) is 46.1 Å². The molecule has 1 aromatic rings. The van der Waals surface area contributed by atoms with Crippen molar-refractivity contribution < 1.29 is 23.3 Å². The summed E-state index contributed by atoms with van der Waals surface area (Å²) in [6.45, 7) is 1.71. The lowest BCUT2D eigenvalue weighted by molar-refractivity contribution is -0.131. The number of amides is 1.